The third kappa shape index (κ3) is 5.93. The van der Waals surface area contributed by atoms with Crippen LogP contribution >= 0.6 is 11.3 Å². The zero-order chi connectivity index (χ0) is 37.7. The van der Waals surface area contributed by atoms with Gasteiger partial charge >= 0.3 is 0 Å². The molecular formula is C52H32N4S. The number of fused-ring (bicyclic) bond motifs is 7. The molecule has 0 bridgehead atoms. The van der Waals surface area contributed by atoms with Gasteiger partial charge in [0.1, 0.15) is 0 Å². The van der Waals surface area contributed by atoms with Gasteiger partial charge in [0.15, 0.2) is 5.82 Å². The van der Waals surface area contributed by atoms with Crippen LogP contribution in [0.25, 0.3) is 109 Å². The highest BCUT2D eigenvalue weighted by atomic mass is 32.1. The lowest BCUT2D eigenvalue weighted by atomic mass is 9.95. The molecule has 0 saturated heterocycles. The van der Waals surface area contributed by atoms with Gasteiger partial charge in [-0.05, 0) is 64.7 Å². The number of hydrogen-bond donors (Lipinski definition) is 0. The smallest absolute Gasteiger partial charge is 0.160 e. The van der Waals surface area contributed by atoms with E-state index in [2.05, 4.69) is 163 Å². The van der Waals surface area contributed by atoms with Gasteiger partial charge in [0.05, 0.1) is 28.3 Å². The van der Waals surface area contributed by atoms with Gasteiger partial charge in [-0.2, -0.15) is 0 Å². The summed E-state index contributed by atoms with van der Waals surface area (Å²) in [6, 6.07) is 65.9. The molecule has 0 unspecified atom stereocenters. The van der Waals surface area contributed by atoms with Crippen LogP contribution in [-0.2, 0) is 0 Å². The molecule has 0 radical (unpaired) electrons. The molecule has 11 aromatic rings. The van der Waals surface area contributed by atoms with E-state index >= 15 is 0 Å². The minimum absolute atomic E-state index is 0.658. The molecule has 0 fully saturated rings. The number of hydrogen-bond acceptors (Lipinski definition) is 5. The summed E-state index contributed by atoms with van der Waals surface area (Å²) >= 11 is 1.87. The summed E-state index contributed by atoms with van der Waals surface area (Å²) in [5.74, 6) is 0.658. The fourth-order valence-electron chi connectivity index (χ4n) is 7.95. The highest BCUT2D eigenvalue weighted by molar-refractivity contribution is 7.26. The van der Waals surface area contributed by atoms with E-state index in [1.54, 1.807) is 6.20 Å². The average Bonchev–Trinajstić information content (AvgIpc) is 3.68. The van der Waals surface area contributed by atoms with Gasteiger partial charge in [0.25, 0.3) is 0 Å². The van der Waals surface area contributed by atoms with Crippen molar-refractivity contribution in [3.05, 3.63) is 194 Å². The maximum Gasteiger partial charge on any atom is 0.160 e. The van der Waals surface area contributed by atoms with Crippen molar-refractivity contribution in [2.75, 3.05) is 0 Å². The molecule has 0 saturated carbocycles. The van der Waals surface area contributed by atoms with Crippen LogP contribution in [0.15, 0.2) is 194 Å². The first-order valence-electron chi connectivity index (χ1n) is 19.0. The first kappa shape index (κ1) is 33.0. The van der Waals surface area contributed by atoms with Crippen LogP contribution in [0.5, 0.6) is 0 Å². The molecule has 266 valence electrons. The molecule has 57 heavy (non-hydrogen) atoms. The Hall–Kier alpha value is -7.34. The van der Waals surface area contributed by atoms with Crippen LogP contribution in [0.2, 0.25) is 0 Å². The van der Waals surface area contributed by atoms with E-state index in [4.69, 9.17) is 15.0 Å². The van der Waals surface area contributed by atoms with E-state index in [1.165, 1.54) is 30.9 Å². The summed E-state index contributed by atoms with van der Waals surface area (Å²) in [4.78, 5) is 20.1. The standard InChI is InChI=1S/C52H32N4S/c1-2-12-33(13-3-1)37-15-11-17-39(31-37)52-55-46(32-47(56-52)45-21-8-9-29-53-45)35-25-23-34(24-26-35)36-14-10-16-38(30-36)50-43-28-27-41-40-18-5-7-22-48(40)57-51(41)49(43)42-19-4-6-20-44(42)54-50/h1-32H. The van der Waals surface area contributed by atoms with E-state index in [0.717, 1.165) is 72.6 Å². The van der Waals surface area contributed by atoms with Crippen LogP contribution in [0.1, 0.15) is 0 Å². The SMILES string of the molecule is c1ccc(-c2cccc(-c3nc(-c4ccc(-c5cccc(-c6nc7ccccc7c7c6ccc6c8ccccc8sc67)c5)cc4)cc(-c4ccccn4)n3)c2)cc1. The zero-order valence-corrected chi connectivity index (χ0v) is 31.5. The Bertz CT molecular complexity index is 3280. The van der Waals surface area contributed by atoms with Crippen LogP contribution in [0.4, 0.5) is 0 Å². The molecule has 0 aliphatic heterocycles. The summed E-state index contributed by atoms with van der Waals surface area (Å²) in [6.07, 6.45) is 1.80. The minimum Gasteiger partial charge on any atom is -0.255 e. The van der Waals surface area contributed by atoms with Crippen LogP contribution in [0.3, 0.4) is 0 Å². The number of pyridine rings is 2. The second kappa shape index (κ2) is 13.7. The van der Waals surface area contributed by atoms with Crippen molar-refractivity contribution in [1.29, 1.82) is 0 Å². The lowest BCUT2D eigenvalue weighted by molar-refractivity contribution is 1.16. The third-order valence-corrected chi connectivity index (χ3v) is 11.9. The van der Waals surface area contributed by atoms with E-state index < -0.39 is 0 Å². The Kier molecular flexibility index (Phi) is 7.97. The molecule has 0 amide bonds. The number of aromatic nitrogens is 4. The quantitative estimate of drug-likeness (QED) is 0.159. The Morgan fingerprint density at radius 2 is 0.982 bits per heavy atom. The molecule has 11 rings (SSSR count). The van der Waals surface area contributed by atoms with Crippen molar-refractivity contribution >= 4 is 53.2 Å². The molecule has 0 aliphatic rings. The highest BCUT2D eigenvalue weighted by Crippen LogP contribution is 2.43. The Morgan fingerprint density at radius 1 is 0.351 bits per heavy atom. The van der Waals surface area contributed by atoms with Gasteiger partial charge in [-0.3, -0.25) is 4.98 Å². The van der Waals surface area contributed by atoms with E-state index in [-0.39, 0.29) is 0 Å². The Labute approximate surface area is 333 Å². The molecule has 4 aromatic heterocycles. The second-order valence-corrected chi connectivity index (χ2v) is 15.3. The van der Waals surface area contributed by atoms with Gasteiger partial charge in [-0.15, -0.1) is 11.3 Å². The minimum atomic E-state index is 0.658. The van der Waals surface area contributed by atoms with Gasteiger partial charge in [-0.25, -0.2) is 15.0 Å². The Balaban J connectivity index is 0.992. The van der Waals surface area contributed by atoms with Gasteiger partial charge < -0.3 is 0 Å². The van der Waals surface area contributed by atoms with Crippen molar-refractivity contribution in [1.82, 2.24) is 19.9 Å². The van der Waals surface area contributed by atoms with Crippen LogP contribution in [0, 0.1) is 0 Å². The summed E-state index contributed by atoms with van der Waals surface area (Å²) in [5.41, 5.74) is 12.0. The van der Waals surface area contributed by atoms with Crippen molar-refractivity contribution in [3.8, 4) is 67.5 Å². The largest absolute Gasteiger partial charge is 0.255 e. The monoisotopic (exact) mass is 744 g/mol. The van der Waals surface area contributed by atoms with Crippen LogP contribution < -0.4 is 0 Å². The van der Waals surface area contributed by atoms with Gasteiger partial charge in [0, 0.05) is 59.2 Å². The molecule has 0 N–H and O–H groups in total. The summed E-state index contributed by atoms with van der Waals surface area (Å²) in [5, 5.41) is 6.21. The predicted molar refractivity (Wildman–Crippen MR) is 238 cm³/mol. The lowest BCUT2D eigenvalue weighted by Crippen LogP contribution is -1.97. The van der Waals surface area contributed by atoms with Crippen LogP contribution in [-0.4, -0.2) is 19.9 Å². The average molecular weight is 745 g/mol. The maximum atomic E-state index is 5.30. The molecule has 4 nitrogen and oxygen atoms in total. The number of nitrogens with zero attached hydrogens (tertiary/aromatic N) is 4. The number of para-hydroxylation sites is 1. The first-order valence-corrected chi connectivity index (χ1v) is 19.9. The lowest BCUT2D eigenvalue weighted by Gasteiger charge is -2.13. The molecule has 0 aliphatic carbocycles. The molecule has 0 atom stereocenters. The molecule has 4 heterocycles. The molecule has 5 heteroatoms. The van der Waals surface area contributed by atoms with Gasteiger partial charge in [0.2, 0.25) is 0 Å². The van der Waals surface area contributed by atoms with Gasteiger partial charge in [-0.1, -0.05) is 146 Å². The number of rotatable bonds is 6. The predicted octanol–water partition coefficient (Wildman–Crippen LogP) is 13.9. The van der Waals surface area contributed by atoms with Crippen molar-refractivity contribution in [3.63, 3.8) is 0 Å². The van der Waals surface area contributed by atoms with Crippen molar-refractivity contribution in [2.45, 2.75) is 0 Å². The maximum absolute atomic E-state index is 5.30. The number of benzene rings is 7. The topological polar surface area (TPSA) is 51.6 Å². The van der Waals surface area contributed by atoms with Crippen molar-refractivity contribution in [2.24, 2.45) is 0 Å². The fraction of sp³-hybridized carbons (Fsp3) is 0. The molecule has 7 aromatic carbocycles. The zero-order valence-electron chi connectivity index (χ0n) is 30.7. The fourth-order valence-corrected chi connectivity index (χ4v) is 9.22. The van der Waals surface area contributed by atoms with E-state index in [0.29, 0.717) is 5.82 Å². The highest BCUT2D eigenvalue weighted by Gasteiger charge is 2.17. The number of thiophene rings is 1. The third-order valence-electron chi connectivity index (χ3n) is 10.7. The molecular weight excluding hydrogens is 713 g/mol. The van der Waals surface area contributed by atoms with E-state index in [9.17, 15) is 0 Å². The van der Waals surface area contributed by atoms with E-state index in [1.807, 2.05) is 41.7 Å². The second-order valence-electron chi connectivity index (χ2n) is 14.2. The summed E-state index contributed by atoms with van der Waals surface area (Å²) in [6.45, 7) is 0. The summed E-state index contributed by atoms with van der Waals surface area (Å²) in [7, 11) is 0. The molecule has 0 spiro atoms. The normalized spacial score (nSPS) is 11.5. The van der Waals surface area contributed by atoms with Crippen molar-refractivity contribution < 1.29 is 0 Å². The summed E-state index contributed by atoms with van der Waals surface area (Å²) < 4.78 is 2.61. The Morgan fingerprint density at radius 3 is 1.81 bits per heavy atom. The first-order chi connectivity index (χ1) is 28.2.